The molecule has 1 saturated heterocycles. The molecule has 1 atom stereocenters. The first kappa shape index (κ1) is 13.3. The maximum absolute atomic E-state index is 11.8. The van der Waals surface area contributed by atoms with Crippen molar-refractivity contribution >= 4 is 22.9 Å². The van der Waals surface area contributed by atoms with Crippen molar-refractivity contribution in [1.29, 1.82) is 0 Å². The van der Waals surface area contributed by atoms with Crippen LogP contribution in [0.4, 0.5) is 4.79 Å². The van der Waals surface area contributed by atoms with Gasteiger partial charge < -0.3 is 15.5 Å². The minimum absolute atomic E-state index is 0.0131. The molecule has 92 valence electrons. The van der Waals surface area contributed by atoms with Gasteiger partial charge in [-0.15, -0.1) is 0 Å². The summed E-state index contributed by atoms with van der Waals surface area (Å²) in [5.41, 5.74) is 5.35. The first-order valence-electron chi connectivity index (χ1n) is 5.42. The molecule has 2 N–H and O–H groups in total. The largest absolute Gasteiger partial charge is 0.347 e. The normalized spacial score (nSPS) is 19.9. The van der Waals surface area contributed by atoms with Crippen molar-refractivity contribution in [2.45, 2.75) is 18.9 Å². The SMILES string of the molecule is CN(C)C(=O)[C@@H]1CCCN1C(=O)SCCN. The second-order valence-corrected chi connectivity index (χ2v) is 5.03. The van der Waals surface area contributed by atoms with E-state index in [-0.39, 0.29) is 17.2 Å². The van der Waals surface area contributed by atoms with Crippen LogP contribution in [-0.2, 0) is 4.79 Å². The zero-order chi connectivity index (χ0) is 12.1. The summed E-state index contributed by atoms with van der Waals surface area (Å²) in [6.45, 7) is 1.16. The van der Waals surface area contributed by atoms with Crippen molar-refractivity contribution in [3.63, 3.8) is 0 Å². The monoisotopic (exact) mass is 245 g/mol. The average Bonchev–Trinajstić information content (AvgIpc) is 2.73. The van der Waals surface area contributed by atoms with Crippen molar-refractivity contribution < 1.29 is 9.59 Å². The number of nitrogens with zero attached hydrogens (tertiary/aromatic N) is 2. The quantitative estimate of drug-likeness (QED) is 0.779. The Morgan fingerprint density at radius 2 is 2.19 bits per heavy atom. The summed E-state index contributed by atoms with van der Waals surface area (Å²) in [6.07, 6.45) is 1.67. The summed E-state index contributed by atoms with van der Waals surface area (Å²) in [5.74, 6) is 0.622. The molecule has 0 saturated carbocycles. The Hall–Kier alpha value is -0.750. The molecule has 1 aliphatic heterocycles. The van der Waals surface area contributed by atoms with E-state index in [4.69, 9.17) is 5.73 Å². The third-order valence-electron chi connectivity index (χ3n) is 2.56. The summed E-state index contributed by atoms with van der Waals surface area (Å²) < 4.78 is 0. The Kier molecular flexibility index (Phi) is 5.08. The lowest BCUT2D eigenvalue weighted by molar-refractivity contribution is -0.132. The lowest BCUT2D eigenvalue weighted by Crippen LogP contribution is -2.44. The topological polar surface area (TPSA) is 66.6 Å². The van der Waals surface area contributed by atoms with Gasteiger partial charge in [-0.1, -0.05) is 11.8 Å². The fourth-order valence-corrected chi connectivity index (χ4v) is 2.45. The maximum Gasteiger partial charge on any atom is 0.282 e. The minimum atomic E-state index is -0.271. The van der Waals surface area contributed by atoms with E-state index in [0.29, 0.717) is 18.8 Å². The molecule has 16 heavy (non-hydrogen) atoms. The number of amides is 2. The molecule has 1 rings (SSSR count). The third kappa shape index (κ3) is 3.12. The Morgan fingerprint density at radius 1 is 1.50 bits per heavy atom. The molecular weight excluding hydrogens is 226 g/mol. The summed E-state index contributed by atoms with van der Waals surface area (Å²) in [7, 11) is 3.44. The van der Waals surface area contributed by atoms with Gasteiger partial charge in [0.05, 0.1) is 0 Å². The van der Waals surface area contributed by atoms with E-state index < -0.39 is 0 Å². The molecule has 0 bridgehead atoms. The number of carbonyl (C=O) groups is 2. The highest BCUT2D eigenvalue weighted by Gasteiger charge is 2.34. The molecule has 0 aromatic rings. The Bertz CT molecular complexity index is 271. The molecule has 0 radical (unpaired) electrons. The molecule has 6 heteroatoms. The summed E-state index contributed by atoms with van der Waals surface area (Å²) in [5, 5.41) is -0.0249. The highest BCUT2D eigenvalue weighted by Crippen LogP contribution is 2.23. The van der Waals surface area contributed by atoms with Gasteiger partial charge in [0.2, 0.25) is 5.91 Å². The molecule has 1 aliphatic rings. The van der Waals surface area contributed by atoms with Gasteiger partial charge in [-0.2, -0.15) is 0 Å². The van der Waals surface area contributed by atoms with Crippen LogP contribution in [0.2, 0.25) is 0 Å². The van der Waals surface area contributed by atoms with E-state index in [1.54, 1.807) is 23.9 Å². The molecule has 2 amide bonds. The molecular formula is C10H19N3O2S. The molecule has 0 aromatic heterocycles. The van der Waals surface area contributed by atoms with Gasteiger partial charge >= 0.3 is 0 Å². The average molecular weight is 245 g/mol. The van der Waals surface area contributed by atoms with Crippen LogP contribution in [0.3, 0.4) is 0 Å². The maximum atomic E-state index is 11.8. The van der Waals surface area contributed by atoms with Gasteiger partial charge in [0.1, 0.15) is 6.04 Å². The summed E-state index contributed by atoms with van der Waals surface area (Å²) in [4.78, 5) is 26.9. The highest BCUT2D eigenvalue weighted by molar-refractivity contribution is 8.13. The minimum Gasteiger partial charge on any atom is -0.347 e. The van der Waals surface area contributed by atoms with E-state index in [2.05, 4.69) is 0 Å². The second kappa shape index (κ2) is 6.10. The molecule has 0 aromatic carbocycles. The lowest BCUT2D eigenvalue weighted by atomic mass is 10.2. The number of hydrogen-bond donors (Lipinski definition) is 1. The van der Waals surface area contributed by atoms with Gasteiger partial charge in [-0.3, -0.25) is 9.59 Å². The predicted molar refractivity (Wildman–Crippen MR) is 65.3 cm³/mol. The van der Waals surface area contributed by atoms with Crippen LogP contribution in [0.25, 0.3) is 0 Å². The number of carbonyl (C=O) groups excluding carboxylic acids is 2. The van der Waals surface area contributed by atoms with Crippen LogP contribution >= 0.6 is 11.8 Å². The number of nitrogens with two attached hydrogens (primary N) is 1. The standard InChI is InChI=1S/C10H19N3O2S/c1-12(2)9(14)8-4-3-6-13(8)10(15)16-7-5-11/h8H,3-7,11H2,1-2H3/t8-/m0/s1. The lowest BCUT2D eigenvalue weighted by Gasteiger charge is -2.25. The van der Waals surface area contributed by atoms with Crippen molar-refractivity contribution in [3.05, 3.63) is 0 Å². The van der Waals surface area contributed by atoms with Gasteiger partial charge in [0.15, 0.2) is 0 Å². The van der Waals surface area contributed by atoms with Gasteiger partial charge in [-0.05, 0) is 12.8 Å². The van der Waals surface area contributed by atoms with E-state index in [0.717, 1.165) is 12.8 Å². The number of thioether (sulfide) groups is 1. The van der Waals surface area contributed by atoms with Crippen LogP contribution in [0, 0.1) is 0 Å². The van der Waals surface area contributed by atoms with E-state index in [1.807, 2.05) is 0 Å². The highest BCUT2D eigenvalue weighted by atomic mass is 32.2. The molecule has 5 nitrogen and oxygen atoms in total. The van der Waals surface area contributed by atoms with Crippen molar-refractivity contribution in [3.8, 4) is 0 Å². The number of likely N-dealkylation sites (N-methyl/N-ethyl adjacent to an activating group) is 1. The molecule has 1 heterocycles. The first-order valence-corrected chi connectivity index (χ1v) is 6.41. The fraction of sp³-hybridized carbons (Fsp3) is 0.800. The zero-order valence-corrected chi connectivity index (χ0v) is 10.6. The third-order valence-corrected chi connectivity index (χ3v) is 3.48. The smallest absolute Gasteiger partial charge is 0.282 e. The van der Waals surface area contributed by atoms with Crippen LogP contribution < -0.4 is 5.73 Å². The summed E-state index contributed by atoms with van der Waals surface area (Å²) >= 11 is 1.20. The number of rotatable bonds is 3. The van der Waals surface area contributed by atoms with Crippen molar-refractivity contribution in [1.82, 2.24) is 9.80 Å². The van der Waals surface area contributed by atoms with Crippen LogP contribution in [0.1, 0.15) is 12.8 Å². The van der Waals surface area contributed by atoms with E-state index >= 15 is 0 Å². The van der Waals surface area contributed by atoms with Crippen molar-refractivity contribution in [2.24, 2.45) is 5.73 Å². The fourth-order valence-electron chi connectivity index (χ4n) is 1.77. The van der Waals surface area contributed by atoms with Crippen LogP contribution in [0.15, 0.2) is 0 Å². The Morgan fingerprint density at radius 3 is 2.75 bits per heavy atom. The second-order valence-electron chi connectivity index (χ2n) is 3.99. The van der Waals surface area contributed by atoms with Gasteiger partial charge in [0.25, 0.3) is 5.24 Å². The summed E-state index contributed by atoms with van der Waals surface area (Å²) in [6, 6.07) is -0.271. The number of hydrogen-bond acceptors (Lipinski definition) is 4. The number of likely N-dealkylation sites (tertiary alicyclic amines) is 1. The van der Waals surface area contributed by atoms with E-state index in [1.165, 1.54) is 11.8 Å². The zero-order valence-electron chi connectivity index (χ0n) is 9.81. The Balaban J connectivity index is 2.58. The van der Waals surface area contributed by atoms with Gasteiger partial charge in [-0.25, -0.2) is 0 Å². The predicted octanol–water partition coefficient (Wildman–Crippen LogP) is 0.351. The van der Waals surface area contributed by atoms with E-state index in [9.17, 15) is 9.59 Å². The molecule has 0 aliphatic carbocycles. The molecule has 1 fully saturated rings. The van der Waals surface area contributed by atoms with Gasteiger partial charge in [0, 0.05) is 32.9 Å². The van der Waals surface area contributed by atoms with Crippen molar-refractivity contribution in [2.75, 3.05) is 32.9 Å². The van der Waals surface area contributed by atoms with Crippen LogP contribution in [-0.4, -0.2) is 59.9 Å². The Labute approximate surface area is 100 Å². The van der Waals surface area contributed by atoms with Crippen LogP contribution in [0.5, 0.6) is 0 Å². The molecule has 0 unspecified atom stereocenters. The first-order chi connectivity index (χ1) is 7.57. The molecule has 0 spiro atoms.